The fourth-order valence-corrected chi connectivity index (χ4v) is 9.21. The van der Waals surface area contributed by atoms with Gasteiger partial charge in [-0.3, -0.25) is 4.79 Å². The molecule has 1 heterocycles. The molecule has 66 heavy (non-hydrogen) atoms. The average molecular weight is 942 g/mol. The molecule has 0 saturated carbocycles. The number of amides is 1. The Morgan fingerprint density at radius 2 is 0.894 bits per heavy atom. The zero-order valence-corrected chi connectivity index (χ0v) is 42.7. The van der Waals surface area contributed by atoms with Crippen LogP contribution in [0, 0.1) is 0 Å². The average Bonchev–Trinajstić information content (AvgIpc) is 3.32. The van der Waals surface area contributed by atoms with E-state index < -0.39 is 74.2 Å². The van der Waals surface area contributed by atoms with Gasteiger partial charge >= 0.3 is 0 Å². The van der Waals surface area contributed by atoms with E-state index in [4.69, 9.17) is 9.47 Å². The molecule has 1 rings (SSSR count). The predicted molar refractivity (Wildman–Crippen MR) is 270 cm³/mol. The first-order chi connectivity index (χ1) is 32.2. The third-order valence-electron chi connectivity index (χ3n) is 13.8. The number of hydrogen-bond donors (Lipinski definition) is 8. The van der Waals surface area contributed by atoms with Gasteiger partial charge in [0.05, 0.1) is 25.4 Å². The van der Waals surface area contributed by atoms with Crippen LogP contribution in [0.3, 0.4) is 0 Å². The Hall–Kier alpha value is -1.15. The van der Waals surface area contributed by atoms with Crippen LogP contribution in [0.1, 0.15) is 264 Å². The van der Waals surface area contributed by atoms with Gasteiger partial charge in [0.2, 0.25) is 5.91 Å². The van der Waals surface area contributed by atoms with E-state index >= 15 is 0 Å². The van der Waals surface area contributed by atoms with Crippen molar-refractivity contribution in [2.45, 2.75) is 319 Å². The second-order valence-corrected chi connectivity index (χ2v) is 20.0. The summed E-state index contributed by atoms with van der Waals surface area (Å²) in [4.78, 5) is 13.1. The minimum Gasteiger partial charge on any atom is -0.394 e. The summed E-state index contributed by atoms with van der Waals surface area (Å²) in [6.07, 6.45) is 40.3. The third-order valence-corrected chi connectivity index (χ3v) is 13.8. The Kier molecular flexibility index (Phi) is 42.9. The van der Waals surface area contributed by atoms with E-state index in [0.29, 0.717) is 12.8 Å². The van der Waals surface area contributed by atoms with Crippen molar-refractivity contribution >= 4 is 5.91 Å². The van der Waals surface area contributed by atoms with E-state index in [1.807, 2.05) is 0 Å². The van der Waals surface area contributed by atoms with Gasteiger partial charge in [-0.2, -0.15) is 0 Å². The number of carbonyl (C=O) groups is 1. The molecular formula is C55H107NO10. The van der Waals surface area contributed by atoms with Gasteiger partial charge in [-0.1, -0.05) is 238 Å². The summed E-state index contributed by atoms with van der Waals surface area (Å²) in [5, 5.41) is 75.6. The number of rotatable bonds is 48. The minimum atomic E-state index is -1.66. The van der Waals surface area contributed by atoms with Crippen molar-refractivity contribution < 1.29 is 50.0 Å². The monoisotopic (exact) mass is 942 g/mol. The van der Waals surface area contributed by atoms with Crippen molar-refractivity contribution in [2.75, 3.05) is 13.2 Å². The van der Waals surface area contributed by atoms with Crippen LogP contribution in [0.25, 0.3) is 0 Å². The molecule has 0 spiro atoms. The molecule has 1 fully saturated rings. The fourth-order valence-electron chi connectivity index (χ4n) is 9.21. The van der Waals surface area contributed by atoms with Crippen molar-refractivity contribution in [3.05, 3.63) is 12.2 Å². The first-order valence-corrected chi connectivity index (χ1v) is 28.1. The fraction of sp³-hybridized carbons (Fsp3) is 0.945. The number of ether oxygens (including phenoxy) is 2. The highest BCUT2D eigenvalue weighted by atomic mass is 16.7. The number of hydrogen-bond acceptors (Lipinski definition) is 10. The van der Waals surface area contributed by atoms with E-state index in [-0.39, 0.29) is 12.8 Å². The van der Waals surface area contributed by atoms with Crippen LogP contribution in [0.15, 0.2) is 12.2 Å². The molecule has 392 valence electrons. The molecular weight excluding hydrogens is 835 g/mol. The van der Waals surface area contributed by atoms with Crippen LogP contribution in [0.5, 0.6) is 0 Å². The van der Waals surface area contributed by atoms with Crippen LogP contribution in [-0.4, -0.2) is 110 Å². The van der Waals surface area contributed by atoms with Crippen LogP contribution in [0.4, 0.5) is 0 Å². The molecule has 0 radical (unpaired) electrons. The molecule has 1 amide bonds. The Balaban J connectivity index is 2.17. The molecule has 11 heteroatoms. The van der Waals surface area contributed by atoms with Gasteiger partial charge in [-0.25, -0.2) is 0 Å². The normalized spacial score (nSPS) is 20.8. The summed E-state index contributed by atoms with van der Waals surface area (Å²) in [5.74, 6) is -0.704. The Labute approximate surface area is 404 Å². The molecule has 11 nitrogen and oxygen atoms in total. The van der Waals surface area contributed by atoms with Crippen LogP contribution in [0.2, 0.25) is 0 Å². The molecule has 0 aromatic carbocycles. The van der Waals surface area contributed by atoms with E-state index in [1.165, 1.54) is 186 Å². The van der Waals surface area contributed by atoms with Crippen molar-refractivity contribution in [1.82, 2.24) is 5.32 Å². The second kappa shape index (κ2) is 45.0. The molecule has 0 bridgehead atoms. The highest BCUT2D eigenvalue weighted by molar-refractivity contribution is 5.80. The predicted octanol–water partition coefficient (Wildman–Crippen LogP) is 11.2. The van der Waals surface area contributed by atoms with Crippen LogP contribution >= 0.6 is 0 Å². The maximum absolute atomic E-state index is 13.1. The molecule has 0 aliphatic carbocycles. The molecule has 1 aliphatic rings. The summed E-state index contributed by atoms with van der Waals surface area (Å²) in [5.41, 5.74) is 0. The molecule has 8 N–H and O–H groups in total. The minimum absolute atomic E-state index is 0.259. The van der Waals surface area contributed by atoms with Crippen LogP contribution < -0.4 is 5.32 Å². The Morgan fingerprint density at radius 3 is 1.30 bits per heavy atom. The number of aliphatic hydroxyl groups excluding tert-OH is 7. The van der Waals surface area contributed by atoms with Crippen LogP contribution in [-0.2, 0) is 14.3 Å². The molecule has 0 aromatic rings. The molecule has 9 atom stereocenters. The number of unbranched alkanes of at least 4 members (excludes halogenated alkanes) is 34. The van der Waals surface area contributed by atoms with Gasteiger partial charge in [0.1, 0.15) is 36.6 Å². The Bertz CT molecular complexity index is 1080. The van der Waals surface area contributed by atoms with Gasteiger partial charge in [-0.15, -0.1) is 0 Å². The van der Waals surface area contributed by atoms with Crippen molar-refractivity contribution in [3.8, 4) is 0 Å². The lowest BCUT2D eigenvalue weighted by molar-refractivity contribution is -0.303. The topological polar surface area (TPSA) is 189 Å². The summed E-state index contributed by atoms with van der Waals surface area (Å²) in [6.45, 7) is 3.40. The maximum atomic E-state index is 13.1. The van der Waals surface area contributed by atoms with E-state index in [9.17, 15) is 40.5 Å². The Morgan fingerprint density at radius 1 is 0.515 bits per heavy atom. The van der Waals surface area contributed by atoms with E-state index in [1.54, 1.807) is 0 Å². The third kappa shape index (κ3) is 33.4. The zero-order valence-electron chi connectivity index (χ0n) is 42.7. The largest absolute Gasteiger partial charge is 0.394 e. The quantitative estimate of drug-likeness (QED) is 0.0215. The standard InChI is InChI=1S/C55H107NO10/c1-3-5-7-9-11-13-14-15-16-17-18-19-20-21-22-23-24-25-26-27-28-29-30-31-32-33-35-37-39-41-43-48(59)54(64)56-46(45-65-55-53(63)52(62)51(61)49(44-57)66-55)50(60)47(58)42-40-38-36-34-12-10-8-6-4-2/h34,36,46-53,55,57-63H,3-33,35,37-45H2,1-2H3,(H,56,64)/b36-34+. The van der Waals surface area contributed by atoms with Gasteiger partial charge in [0.25, 0.3) is 0 Å². The van der Waals surface area contributed by atoms with Gasteiger partial charge in [0, 0.05) is 0 Å². The van der Waals surface area contributed by atoms with Gasteiger partial charge in [0.15, 0.2) is 6.29 Å². The summed E-state index contributed by atoms with van der Waals surface area (Å²) in [6, 6.07) is -1.18. The first-order valence-electron chi connectivity index (χ1n) is 28.1. The highest BCUT2D eigenvalue weighted by Gasteiger charge is 2.44. The smallest absolute Gasteiger partial charge is 0.249 e. The lowest BCUT2D eigenvalue weighted by Crippen LogP contribution is -2.60. The summed E-state index contributed by atoms with van der Waals surface area (Å²) in [7, 11) is 0. The molecule has 1 saturated heterocycles. The highest BCUT2D eigenvalue weighted by Crippen LogP contribution is 2.23. The van der Waals surface area contributed by atoms with Gasteiger partial charge < -0.3 is 50.5 Å². The summed E-state index contributed by atoms with van der Waals surface area (Å²) < 4.78 is 11.1. The maximum Gasteiger partial charge on any atom is 0.249 e. The first kappa shape index (κ1) is 62.9. The zero-order chi connectivity index (χ0) is 48.3. The van der Waals surface area contributed by atoms with Crippen molar-refractivity contribution in [3.63, 3.8) is 0 Å². The number of nitrogens with one attached hydrogen (secondary N) is 1. The number of allylic oxidation sites excluding steroid dienone is 2. The molecule has 0 aromatic heterocycles. The number of carbonyl (C=O) groups excluding carboxylic acids is 1. The lowest BCUT2D eigenvalue weighted by Gasteiger charge is -2.40. The lowest BCUT2D eigenvalue weighted by atomic mass is 9.98. The second-order valence-electron chi connectivity index (χ2n) is 20.0. The SMILES string of the molecule is CCCCCC/C=C/CCCC(O)C(O)C(COC1OC(CO)C(O)C(O)C1O)NC(=O)C(O)CCCCCCCCCCCCCCCCCCCCCCCCCCCCCCCC. The van der Waals surface area contributed by atoms with E-state index in [2.05, 4.69) is 31.3 Å². The van der Waals surface area contributed by atoms with E-state index in [0.717, 1.165) is 38.5 Å². The van der Waals surface area contributed by atoms with Crippen molar-refractivity contribution in [1.29, 1.82) is 0 Å². The number of aliphatic hydroxyl groups is 7. The summed E-state index contributed by atoms with van der Waals surface area (Å²) >= 11 is 0. The molecule has 9 unspecified atom stereocenters. The molecule has 1 aliphatic heterocycles. The van der Waals surface area contributed by atoms with Gasteiger partial charge in [-0.05, 0) is 38.5 Å². The van der Waals surface area contributed by atoms with Crippen molar-refractivity contribution in [2.24, 2.45) is 0 Å².